The second-order valence-corrected chi connectivity index (χ2v) is 8.02. The Labute approximate surface area is 166 Å². The molecule has 1 saturated heterocycles. The summed E-state index contributed by atoms with van der Waals surface area (Å²) in [6.45, 7) is 5.60. The summed E-state index contributed by atoms with van der Waals surface area (Å²) in [6, 6.07) is 15.4. The molecule has 0 N–H and O–H groups in total. The number of amides is 1. The van der Waals surface area contributed by atoms with Crippen molar-refractivity contribution in [1.82, 2.24) is 0 Å². The van der Waals surface area contributed by atoms with E-state index >= 15 is 0 Å². The van der Waals surface area contributed by atoms with Crippen LogP contribution in [-0.4, -0.2) is 16.6 Å². The molecule has 1 amide bonds. The van der Waals surface area contributed by atoms with E-state index in [-0.39, 0.29) is 5.91 Å². The number of benzene rings is 2. The highest BCUT2D eigenvalue weighted by atomic mass is 127. The second kappa shape index (κ2) is 6.39. The van der Waals surface area contributed by atoms with E-state index < -0.39 is 5.54 Å². The van der Waals surface area contributed by atoms with Gasteiger partial charge in [-0.1, -0.05) is 0 Å². The average molecular weight is 461 g/mol. The molecule has 1 aliphatic heterocycles. The average Bonchev–Trinajstić information content (AvgIpc) is 2.74. The molecule has 3 rings (SSSR count). The molecule has 2 aromatic rings. The van der Waals surface area contributed by atoms with E-state index in [0.29, 0.717) is 16.4 Å². The van der Waals surface area contributed by atoms with Crippen molar-refractivity contribution in [3.05, 3.63) is 57.2 Å². The largest absolute Gasteiger partial charge is 0.304 e. The van der Waals surface area contributed by atoms with Crippen molar-refractivity contribution in [1.29, 1.82) is 5.26 Å². The first kappa shape index (κ1) is 17.8. The Morgan fingerprint density at radius 3 is 2.28 bits per heavy atom. The lowest BCUT2D eigenvalue weighted by atomic mass is 10.0. The SMILES string of the molecule is Cc1cc(N2C(=O)C(C)(C)N(c3ccc(I)cc3)C2=S)ccc1C#N. The van der Waals surface area contributed by atoms with Crippen molar-refractivity contribution < 1.29 is 4.79 Å². The zero-order chi connectivity index (χ0) is 18.4. The van der Waals surface area contributed by atoms with Crippen molar-refractivity contribution in [2.75, 3.05) is 9.80 Å². The highest BCUT2D eigenvalue weighted by Crippen LogP contribution is 2.36. The Kier molecular flexibility index (Phi) is 4.56. The molecule has 0 spiro atoms. The number of hydrogen-bond acceptors (Lipinski definition) is 3. The molecule has 2 aromatic carbocycles. The smallest absolute Gasteiger partial charge is 0.259 e. The van der Waals surface area contributed by atoms with Gasteiger partial charge in [0.2, 0.25) is 0 Å². The predicted molar refractivity (Wildman–Crippen MR) is 112 cm³/mol. The Morgan fingerprint density at radius 1 is 1.12 bits per heavy atom. The van der Waals surface area contributed by atoms with Gasteiger partial charge in [-0.15, -0.1) is 0 Å². The number of nitriles is 1. The fraction of sp³-hybridized carbons (Fsp3) is 0.211. The minimum absolute atomic E-state index is 0.0832. The molecular weight excluding hydrogens is 445 g/mol. The van der Waals surface area contributed by atoms with Gasteiger partial charge in [0.25, 0.3) is 5.91 Å². The normalized spacial score (nSPS) is 16.3. The summed E-state index contributed by atoms with van der Waals surface area (Å²) < 4.78 is 1.12. The Bertz CT molecular complexity index is 915. The molecule has 126 valence electrons. The molecule has 0 atom stereocenters. The van der Waals surface area contributed by atoms with E-state index in [2.05, 4.69) is 28.7 Å². The number of halogens is 1. The minimum Gasteiger partial charge on any atom is -0.304 e. The van der Waals surface area contributed by atoms with Gasteiger partial charge in [-0.3, -0.25) is 9.69 Å². The third-order valence-corrected chi connectivity index (χ3v) is 5.43. The van der Waals surface area contributed by atoms with Gasteiger partial charge in [-0.05, 0) is 104 Å². The summed E-state index contributed by atoms with van der Waals surface area (Å²) in [5.41, 5.74) is 2.20. The Hall–Kier alpha value is -1.98. The maximum atomic E-state index is 13.1. The number of thiocarbonyl (C=S) groups is 1. The molecule has 6 heteroatoms. The summed E-state index contributed by atoms with van der Waals surface area (Å²) in [5.74, 6) is -0.0832. The molecule has 1 aliphatic rings. The lowest BCUT2D eigenvalue weighted by Crippen LogP contribution is -2.44. The first-order valence-corrected chi connectivity index (χ1v) is 9.21. The van der Waals surface area contributed by atoms with Crippen LogP contribution in [0.3, 0.4) is 0 Å². The van der Waals surface area contributed by atoms with E-state index in [1.54, 1.807) is 17.0 Å². The number of anilines is 2. The highest BCUT2D eigenvalue weighted by molar-refractivity contribution is 14.1. The third-order valence-electron chi connectivity index (χ3n) is 4.34. The number of nitrogens with zero attached hydrogens (tertiary/aromatic N) is 3. The number of carbonyl (C=O) groups excluding carboxylic acids is 1. The third kappa shape index (κ3) is 2.92. The van der Waals surface area contributed by atoms with Gasteiger partial charge in [0.15, 0.2) is 5.11 Å². The van der Waals surface area contributed by atoms with Crippen molar-refractivity contribution in [2.24, 2.45) is 0 Å². The van der Waals surface area contributed by atoms with Crippen LogP contribution in [0.4, 0.5) is 11.4 Å². The molecule has 0 unspecified atom stereocenters. The van der Waals surface area contributed by atoms with Crippen LogP contribution in [-0.2, 0) is 4.79 Å². The molecule has 4 nitrogen and oxygen atoms in total. The summed E-state index contributed by atoms with van der Waals surface area (Å²) in [5, 5.41) is 9.55. The lowest BCUT2D eigenvalue weighted by molar-refractivity contribution is -0.120. The number of carbonyl (C=O) groups is 1. The predicted octanol–water partition coefficient (Wildman–Crippen LogP) is 4.39. The van der Waals surface area contributed by atoms with Crippen LogP contribution in [0.2, 0.25) is 0 Å². The molecule has 0 aliphatic carbocycles. The Balaban J connectivity index is 2.07. The van der Waals surface area contributed by atoms with Gasteiger partial charge in [0.1, 0.15) is 5.54 Å². The molecule has 0 radical (unpaired) electrons. The van der Waals surface area contributed by atoms with Crippen LogP contribution in [0.5, 0.6) is 0 Å². The van der Waals surface area contributed by atoms with Gasteiger partial charge in [-0.25, -0.2) is 0 Å². The van der Waals surface area contributed by atoms with E-state index in [4.69, 9.17) is 17.5 Å². The number of aryl methyl sites for hydroxylation is 1. The summed E-state index contributed by atoms with van der Waals surface area (Å²) in [4.78, 5) is 16.5. The molecule has 1 heterocycles. The Morgan fingerprint density at radius 2 is 1.72 bits per heavy atom. The molecule has 0 bridgehead atoms. The van der Waals surface area contributed by atoms with E-state index in [0.717, 1.165) is 14.8 Å². The lowest BCUT2D eigenvalue weighted by Gasteiger charge is -2.29. The van der Waals surface area contributed by atoms with E-state index in [1.807, 2.05) is 56.0 Å². The van der Waals surface area contributed by atoms with E-state index in [1.165, 1.54) is 0 Å². The highest BCUT2D eigenvalue weighted by Gasteiger charge is 2.50. The monoisotopic (exact) mass is 461 g/mol. The van der Waals surface area contributed by atoms with E-state index in [9.17, 15) is 4.79 Å². The van der Waals surface area contributed by atoms with Gasteiger partial charge in [-0.2, -0.15) is 5.26 Å². The van der Waals surface area contributed by atoms with Gasteiger partial charge in [0, 0.05) is 9.26 Å². The first-order chi connectivity index (χ1) is 11.8. The standard InChI is InChI=1S/C19H16IN3OS/c1-12-10-16(7-4-13(12)11-21)22-17(24)19(2,3)23(18(22)25)15-8-5-14(20)6-9-15/h4-10H,1-3H3. The van der Waals surface area contributed by atoms with Crippen LogP contribution in [0.25, 0.3) is 0 Å². The topological polar surface area (TPSA) is 47.3 Å². The van der Waals surface area contributed by atoms with Gasteiger partial charge in [0.05, 0.1) is 17.3 Å². The van der Waals surface area contributed by atoms with Crippen molar-refractivity contribution in [2.45, 2.75) is 26.3 Å². The quantitative estimate of drug-likeness (QED) is 0.492. The minimum atomic E-state index is -0.786. The van der Waals surface area contributed by atoms with Crippen LogP contribution >= 0.6 is 34.8 Å². The molecule has 1 fully saturated rings. The summed E-state index contributed by atoms with van der Waals surface area (Å²) >= 11 is 7.90. The maximum Gasteiger partial charge on any atom is 0.259 e. The summed E-state index contributed by atoms with van der Waals surface area (Å²) in [7, 11) is 0. The maximum absolute atomic E-state index is 13.1. The summed E-state index contributed by atoms with van der Waals surface area (Å²) in [6.07, 6.45) is 0. The van der Waals surface area contributed by atoms with Crippen molar-refractivity contribution >= 4 is 57.2 Å². The molecule has 0 saturated carbocycles. The van der Waals surface area contributed by atoms with Crippen LogP contribution in [0.1, 0.15) is 25.0 Å². The van der Waals surface area contributed by atoms with Gasteiger partial charge < -0.3 is 4.90 Å². The molecule has 0 aromatic heterocycles. The first-order valence-electron chi connectivity index (χ1n) is 7.72. The van der Waals surface area contributed by atoms with Crippen LogP contribution < -0.4 is 9.80 Å². The van der Waals surface area contributed by atoms with Crippen LogP contribution in [0.15, 0.2) is 42.5 Å². The fourth-order valence-corrected chi connectivity index (χ4v) is 3.84. The van der Waals surface area contributed by atoms with Crippen molar-refractivity contribution in [3.8, 4) is 6.07 Å². The zero-order valence-electron chi connectivity index (χ0n) is 14.1. The van der Waals surface area contributed by atoms with Crippen molar-refractivity contribution in [3.63, 3.8) is 0 Å². The van der Waals surface area contributed by atoms with Gasteiger partial charge >= 0.3 is 0 Å². The number of hydrogen-bond donors (Lipinski definition) is 0. The molecule has 25 heavy (non-hydrogen) atoms. The second-order valence-electron chi connectivity index (χ2n) is 6.41. The fourth-order valence-electron chi connectivity index (χ4n) is 2.96. The molecular formula is C19H16IN3OS. The number of rotatable bonds is 2. The van der Waals surface area contributed by atoms with Crippen LogP contribution in [0, 0.1) is 21.8 Å². The zero-order valence-corrected chi connectivity index (χ0v) is 17.1.